The van der Waals surface area contributed by atoms with E-state index in [1.54, 1.807) is 0 Å². The van der Waals surface area contributed by atoms with Crippen LogP contribution in [0.15, 0.2) is 24.3 Å². The Hall–Kier alpha value is -1.92. The third-order valence-corrected chi connectivity index (χ3v) is 4.46. The minimum atomic E-state index is -4.34. The maximum atomic E-state index is 12.5. The van der Waals surface area contributed by atoms with E-state index in [0.29, 0.717) is 18.8 Å². The second kappa shape index (κ2) is 5.37. The second-order valence-electron chi connectivity index (χ2n) is 5.94. The summed E-state index contributed by atoms with van der Waals surface area (Å²) in [6.45, 7) is 1.04. The van der Waals surface area contributed by atoms with Gasteiger partial charge in [0, 0.05) is 13.1 Å². The number of amides is 1. The molecule has 4 nitrogen and oxygen atoms in total. The summed E-state index contributed by atoms with van der Waals surface area (Å²) in [6.07, 6.45) is -3.80. The number of carboxylic acid groups (broad SMARTS) is 1. The van der Waals surface area contributed by atoms with Gasteiger partial charge in [-0.3, -0.25) is 0 Å². The van der Waals surface area contributed by atoms with Crippen molar-refractivity contribution >= 4 is 6.09 Å². The van der Waals surface area contributed by atoms with Crippen LogP contribution in [0.3, 0.4) is 0 Å². The lowest BCUT2D eigenvalue weighted by atomic mass is 10.0. The number of alkyl halides is 3. The molecule has 1 saturated heterocycles. The van der Waals surface area contributed by atoms with E-state index >= 15 is 0 Å². The van der Waals surface area contributed by atoms with Crippen LogP contribution in [0.1, 0.15) is 18.4 Å². The van der Waals surface area contributed by atoms with Crippen LogP contribution >= 0.6 is 0 Å². The minimum absolute atomic E-state index is 0.0531. The molecule has 1 aliphatic heterocycles. The fourth-order valence-electron chi connectivity index (χ4n) is 3.41. The summed E-state index contributed by atoms with van der Waals surface area (Å²) in [4.78, 5) is 12.3. The van der Waals surface area contributed by atoms with E-state index in [1.165, 1.54) is 17.0 Å². The van der Waals surface area contributed by atoms with Crippen LogP contribution in [-0.2, 0) is 6.18 Å². The summed E-state index contributed by atoms with van der Waals surface area (Å²) in [5.41, 5.74) is -0.694. The van der Waals surface area contributed by atoms with Crippen molar-refractivity contribution in [3.63, 3.8) is 0 Å². The van der Waals surface area contributed by atoms with E-state index in [1.807, 2.05) is 0 Å². The van der Waals surface area contributed by atoms with Crippen LogP contribution in [0.2, 0.25) is 0 Å². The lowest BCUT2D eigenvalue weighted by Gasteiger charge is -2.18. The number of hydrogen-bond acceptors (Lipinski definition) is 2. The van der Waals surface area contributed by atoms with Gasteiger partial charge in [0.25, 0.3) is 0 Å². The Morgan fingerprint density at radius 2 is 1.68 bits per heavy atom. The summed E-state index contributed by atoms with van der Waals surface area (Å²) in [5.74, 6) is 0.999. The fourth-order valence-corrected chi connectivity index (χ4v) is 3.41. The summed E-state index contributed by atoms with van der Waals surface area (Å²) in [6, 6.07) is 4.69. The van der Waals surface area contributed by atoms with Crippen molar-refractivity contribution in [1.82, 2.24) is 4.90 Å². The van der Waals surface area contributed by atoms with Gasteiger partial charge in [-0.05, 0) is 48.9 Å². The molecule has 1 N–H and O–H groups in total. The van der Waals surface area contributed by atoms with Crippen LogP contribution in [-0.4, -0.2) is 35.3 Å². The van der Waals surface area contributed by atoms with Crippen molar-refractivity contribution in [2.45, 2.75) is 25.1 Å². The molecule has 1 unspecified atom stereocenters. The molecule has 1 saturated carbocycles. The Bertz CT molecular complexity index is 544. The molecule has 1 aromatic carbocycles. The zero-order valence-corrected chi connectivity index (χ0v) is 11.7. The molecule has 0 aromatic heterocycles. The monoisotopic (exact) mass is 315 g/mol. The number of hydrogen-bond donors (Lipinski definition) is 1. The lowest BCUT2D eigenvalue weighted by Crippen LogP contribution is -2.29. The van der Waals surface area contributed by atoms with Crippen molar-refractivity contribution in [2.24, 2.45) is 11.8 Å². The lowest BCUT2D eigenvalue weighted by molar-refractivity contribution is -0.137. The van der Waals surface area contributed by atoms with Gasteiger partial charge in [0.15, 0.2) is 0 Å². The van der Waals surface area contributed by atoms with Gasteiger partial charge in [-0.25, -0.2) is 4.79 Å². The van der Waals surface area contributed by atoms with Gasteiger partial charge >= 0.3 is 12.3 Å². The minimum Gasteiger partial charge on any atom is -0.490 e. The number of ether oxygens (including phenoxy) is 1. The molecule has 7 heteroatoms. The third kappa shape index (κ3) is 2.98. The molecular weight excluding hydrogens is 299 g/mol. The standard InChI is InChI=1S/C15H16F3NO3/c16-15(17,18)11-1-3-12(4-2-11)22-13-5-9-7-19(14(20)21)8-10(9)6-13/h1-4,9-10,13H,5-8H2,(H,20,21)/t9-,10+,13?. The maximum absolute atomic E-state index is 12.5. The van der Waals surface area contributed by atoms with Crippen molar-refractivity contribution in [2.75, 3.05) is 13.1 Å². The molecule has 0 radical (unpaired) electrons. The highest BCUT2D eigenvalue weighted by Crippen LogP contribution is 2.40. The van der Waals surface area contributed by atoms with Crippen LogP contribution in [0.5, 0.6) is 5.75 Å². The summed E-state index contributed by atoms with van der Waals surface area (Å²) in [5, 5.41) is 8.96. The smallest absolute Gasteiger partial charge is 0.416 e. The molecule has 2 aliphatic rings. The molecule has 0 spiro atoms. The van der Waals surface area contributed by atoms with Gasteiger partial charge in [-0.2, -0.15) is 13.2 Å². The van der Waals surface area contributed by atoms with Crippen LogP contribution in [0, 0.1) is 11.8 Å². The van der Waals surface area contributed by atoms with Crippen LogP contribution in [0.4, 0.5) is 18.0 Å². The van der Waals surface area contributed by atoms with Crippen molar-refractivity contribution in [3.05, 3.63) is 29.8 Å². The van der Waals surface area contributed by atoms with Gasteiger partial charge in [-0.1, -0.05) is 0 Å². The molecule has 2 fully saturated rings. The number of carbonyl (C=O) groups is 1. The highest BCUT2D eigenvalue weighted by Gasteiger charge is 2.43. The zero-order valence-electron chi connectivity index (χ0n) is 11.7. The highest BCUT2D eigenvalue weighted by molar-refractivity contribution is 5.65. The Morgan fingerprint density at radius 1 is 1.14 bits per heavy atom. The predicted octanol–water partition coefficient (Wildman–Crippen LogP) is 3.47. The summed E-state index contributed by atoms with van der Waals surface area (Å²) >= 11 is 0. The normalized spacial score (nSPS) is 27.8. The van der Waals surface area contributed by atoms with E-state index in [-0.39, 0.29) is 17.9 Å². The van der Waals surface area contributed by atoms with Gasteiger partial charge in [0.05, 0.1) is 11.7 Å². The maximum Gasteiger partial charge on any atom is 0.416 e. The van der Waals surface area contributed by atoms with Crippen molar-refractivity contribution in [3.8, 4) is 5.75 Å². The molecule has 3 atom stereocenters. The average Bonchev–Trinajstić information content (AvgIpc) is 2.96. The van der Waals surface area contributed by atoms with Crippen molar-refractivity contribution in [1.29, 1.82) is 0 Å². The number of likely N-dealkylation sites (tertiary alicyclic amines) is 1. The van der Waals surface area contributed by atoms with Gasteiger partial charge < -0.3 is 14.7 Å². The topological polar surface area (TPSA) is 49.8 Å². The first-order valence-electron chi connectivity index (χ1n) is 7.14. The molecule has 1 heterocycles. The Kier molecular flexibility index (Phi) is 3.66. The van der Waals surface area contributed by atoms with E-state index in [2.05, 4.69) is 0 Å². The van der Waals surface area contributed by atoms with E-state index in [0.717, 1.165) is 25.0 Å². The van der Waals surface area contributed by atoms with Gasteiger partial charge in [0.2, 0.25) is 0 Å². The molecule has 1 amide bonds. The predicted molar refractivity (Wildman–Crippen MR) is 71.7 cm³/mol. The molecule has 0 bridgehead atoms. The molecule has 1 aliphatic carbocycles. The first kappa shape index (κ1) is 15.0. The van der Waals surface area contributed by atoms with Crippen LogP contribution in [0.25, 0.3) is 0 Å². The Balaban J connectivity index is 1.57. The average molecular weight is 315 g/mol. The first-order valence-corrected chi connectivity index (χ1v) is 7.14. The summed E-state index contributed by atoms with van der Waals surface area (Å²) in [7, 11) is 0. The molecule has 22 heavy (non-hydrogen) atoms. The quantitative estimate of drug-likeness (QED) is 0.909. The Morgan fingerprint density at radius 3 is 2.14 bits per heavy atom. The summed E-state index contributed by atoms with van der Waals surface area (Å²) < 4.78 is 43.2. The van der Waals surface area contributed by atoms with Crippen molar-refractivity contribution < 1.29 is 27.8 Å². The number of benzene rings is 1. The molecule has 1 aromatic rings. The van der Waals surface area contributed by atoms with E-state index < -0.39 is 17.8 Å². The van der Waals surface area contributed by atoms with Gasteiger partial charge in [-0.15, -0.1) is 0 Å². The van der Waals surface area contributed by atoms with Crippen LogP contribution < -0.4 is 4.74 Å². The number of fused-ring (bicyclic) bond motifs is 1. The number of nitrogens with zero attached hydrogens (tertiary/aromatic N) is 1. The largest absolute Gasteiger partial charge is 0.490 e. The highest BCUT2D eigenvalue weighted by atomic mass is 19.4. The van der Waals surface area contributed by atoms with Gasteiger partial charge in [0.1, 0.15) is 5.75 Å². The SMILES string of the molecule is O=C(O)N1C[C@H]2CC(Oc3ccc(C(F)(F)F)cc3)C[C@H]2C1. The third-order valence-electron chi connectivity index (χ3n) is 4.46. The second-order valence-corrected chi connectivity index (χ2v) is 5.94. The first-order chi connectivity index (χ1) is 10.3. The number of halogens is 3. The number of rotatable bonds is 2. The zero-order chi connectivity index (χ0) is 15.9. The molecule has 3 rings (SSSR count). The fraction of sp³-hybridized carbons (Fsp3) is 0.533. The molecular formula is C15H16F3NO3. The Labute approximate surface area is 125 Å². The molecule has 120 valence electrons. The van der Waals surface area contributed by atoms with E-state index in [4.69, 9.17) is 9.84 Å². The van der Waals surface area contributed by atoms with E-state index in [9.17, 15) is 18.0 Å².